The van der Waals surface area contributed by atoms with Crippen molar-refractivity contribution < 1.29 is 14.0 Å². The quantitative estimate of drug-likeness (QED) is 0.368. The second-order valence-electron chi connectivity index (χ2n) is 8.29. The Morgan fingerprint density at radius 2 is 1.82 bits per heavy atom. The molecular weight excluding hydrogens is 562 g/mol. The number of allylic oxidation sites excluding steroid dienone is 3. The van der Waals surface area contributed by atoms with Crippen molar-refractivity contribution in [2.75, 3.05) is 5.32 Å². The SMILES string of the molecule is CC1=C(C(=O)Nc2ccc(Br)cn2)C(c2ccc(-c3ccc(Br)cc3)o2)C2=C(CCCC2=O)N1. The number of pyridine rings is 1. The van der Waals surface area contributed by atoms with Crippen molar-refractivity contribution in [2.45, 2.75) is 32.1 Å². The number of furan rings is 1. The molecule has 1 aromatic carbocycles. The van der Waals surface area contributed by atoms with E-state index in [2.05, 4.69) is 47.5 Å². The van der Waals surface area contributed by atoms with Gasteiger partial charge in [-0.1, -0.05) is 28.1 Å². The van der Waals surface area contributed by atoms with Crippen LogP contribution in [0, 0.1) is 0 Å². The molecule has 2 aromatic heterocycles. The van der Waals surface area contributed by atoms with Crippen LogP contribution in [0.5, 0.6) is 0 Å². The zero-order valence-corrected chi connectivity index (χ0v) is 21.5. The molecule has 5 rings (SSSR count). The van der Waals surface area contributed by atoms with Crippen LogP contribution >= 0.6 is 31.9 Å². The van der Waals surface area contributed by atoms with Gasteiger partial charge in [-0.2, -0.15) is 0 Å². The van der Waals surface area contributed by atoms with Crippen LogP contribution in [0.1, 0.15) is 37.9 Å². The Labute approximate surface area is 213 Å². The van der Waals surface area contributed by atoms with Gasteiger partial charge >= 0.3 is 0 Å². The van der Waals surface area contributed by atoms with E-state index in [-0.39, 0.29) is 11.7 Å². The summed E-state index contributed by atoms with van der Waals surface area (Å²) in [4.78, 5) is 30.8. The van der Waals surface area contributed by atoms with E-state index in [9.17, 15) is 9.59 Å². The van der Waals surface area contributed by atoms with Gasteiger partial charge in [0.15, 0.2) is 5.78 Å². The second kappa shape index (κ2) is 9.35. The maximum Gasteiger partial charge on any atom is 0.255 e. The predicted octanol–water partition coefficient (Wildman–Crippen LogP) is 6.47. The van der Waals surface area contributed by atoms with Crippen LogP contribution in [-0.4, -0.2) is 16.7 Å². The maximum absolute atomic E-state index is 13.5. The molecule has 3 aromatic rings. The number of dihydropyridines is 1. The van der Waals surface area contributed by atoms with Crippen LogP contribution in [-0.2, 0) is 9.59 Å². The first-order chi connectivity index (χ1) is 16.4. The zero-order valence-electron chi connectivity index (χ0n) is 18.3. The number of ketones is 1. The molecule has 0 fully saturated rings. The van der Waals surface area contributed by atoms with E-state index >= 15 is 0 Å². The lowest BCUT2D eigenvalue weighted by Crippen LogP contribution is -2.35. The molecule has 2 aliphatic rings. The van der Waals surface area contributed by atoms with E-state index in [1.54, 1.807) is 12.3 Å². The van der Waals surface area contributed by atoms with Crippen LogP contribution in [0.15, 0.2) is 90.6 Å². The van der Waals surface area contributed by atoms with Crippen molar-refractivity contribution in [3.63, 3.8) is 0 Å². The molecule has 0 bridgehead atoms. The number of amides is 1. The molecule has 1 amide bonds. The van der Waals surface area contributed by atoms with Crippen LogP contribution < -0.4 is 10.6 Å². The van der Waals surface area contributed by atoms with Gasteiger partial charge in [0.2, 0.25) is 0 Å². The average Bonchev–Trinajstić information content (AvgIpc) is 3.30. The standard InChI is InChI=1S/C26H21Br2N3O3/c1-14-23(26(33)31-22-12-9-17(28)13-29-22)25(24-18(30-14)3-2-4-19(24)32)21-11-10-20(34-21)15-5-7-16(27)8-6-15/h5-13,25,30H,2-4H2,1H3,(H,29,31,33). The molecule has 1 unspecified atom stereocenters. The Morgan fingerprint density at radius 1 is 1.06 bits per heavy atom. The highest BCUT2D eigenvalue weighted by Crippen LogP contribution is 2.43. The summed E-state index contributed by atoms with van der Waals surface area (Å²) in [5, 5.41) is 6.20. The molecule has 6 nitrogen and oxygen atoms in total. The smallest absolute Gasteiger partial charge is 0.255 e. The van der Waals surface area contributed by atoms with Gasteiger partial charge in [-0.05, 0) is 72.1 Å². The summed E-state index contributed by atoms with van der Waals surface area (Å²) < 4.78 is 8.07. The summed E-state index contributed by atoms with van der Waals surface area (Å²) in [6.45, 7) is 1.86. The summed E-state index contributed by atoms with van der Waals surface area (Å²) >= 11 is 6.81. The maximum atomic E-state index is 13.5. The molecule has 1 aliphatic carbocycles. The summed E-state index contributed by atoms with van der Waals surface area (Å²) in [7, 11) is 0. The van der Waals surface area contributed by atoms with E-state index < -0.39 is 5.92 Å². The minimum absolute atomic E-state index is 0.0416. The number of benzene rings is 1. The van der Waals surface area contributed by atoms with E-state index in [1.165, 1.54) is 0 Å². The average molecular weight is 583 g/mol. The first-order valence-corrected chi connectivity index (χ1v) is 12.5. The van der Waals surface area contributed by atoms with Gasteiger partial charge in [0.25, 0.3) is 5.91 Å². The fraction of sp³-hybridized carbons (Fsp3) is 0.192. The molecule has 0 spiro atoms. The normalized spacial score (nSPS) is 18.0. The monoisotopic (exact) mass is 581 g/mol. The molecule has 34 heavy (non-hydrogen) atoms. The number of carbonyl (C=O) groups is 2. The number of rotatable bonds is 4. The van der Waals surface area contributed by atoms with Gasteiger partial charge < -0.3 is 15.1 Å². The summed E-state index contributed by atoms with van der Waals surface area (Å²) in [5.74, 6) is 0.797. The first-order valence-electron chi connectivity index (χ1n) is 10.9. The molecular formula is C26H21Br2N3O3. The third-order valence-corrected chi connectivity index (χ3v) is 7.03. The topological polar surface area (TPSA) is 84.2 Å². The Bertz CT molecular complexity index is 1340. The number of nitrogens with zero attached hydrogens (tertiary/aromatic N) is 1. The Balaban J connectivity index is 1.56. The number of carbonyl (C=O) groups excluding carboxylic acids is 2. The highest BCUT2D eigenvalue weighted by atomic mass is 79.9. The molecule has 0 radical (unpaired) electrons. The van der Waals surface area contributed by atoms with Crippen molar-refractivity contribution in [1.82, 2.24) is 10.3 Å². The molecule has 3 heterocycles. The van der Waals surface area contributed by atoms with Crippen LogP contribution in [0.25, 0.3) is 11.3 Å². The van der Waals surface area contributed by atoms with Crippen molar-refractivity contribution in [3.8, 4) is 11.3 Å². The fourth-order valence-corrected chi connectivity index (χ4v) is 4.98. The first kappa shape index (κ1) is 22.8. The van der Waals surface area contributed by atoms with Gasteiger partial charge in [-0.25, -0.2) is 4.98 Å². The van der Waals surface area contributed by atoms with Crippen LogP contribution in [0.4, 0.5) is 5.82 Å². The molecule has 172 valence electrons. The van der Waals surface area contributed by atoms with Gasteiger partial charge in [0.05, 0.1) is 11.5 Å². The van der Waals surface area contributed by atoms with E-state index in [4.69, 9.17) is 4.42 Å². The number of anilines is 1. The van der Waals surface area contributed by atoms with Crippen LogP contribution in [0.2, 0.25) is 0 Å². The summed E-state index contributed by atoms with van der Waals surface area (Å²) in [6.07, 6.45) is 3.63. The molecule has 1 aliphatic heterocycles. The van der Waals surface area contributed by atoms with E-state index in [1.807, 2.05) is 49.4 Å². The zero-order chi connectivity index (χ0) is 23.8. The van der Waals surface area contributed by atoms with E-state index in [0.717, 1.165) is 33.0 Å². The van der Waals surface area contributed by atoms with Gasteiger partial charge in [-0.3, -0.25) is 9.59 Å². The lowest BCUT2D eigenvalue weighted by Gasteiger charge is -2.33. The van der Waals surface area contributed by atoms with Crippen molar-refractivity contribution in [3.05, 3.63) is 92.0 Å². The van der Waals surface area contributed by atoms with Crippen LogP contribution in [0.3, 0.4) is 0 Å². The summed E-state index contributed by atoms with van der Waals surface area (Å²) in [5.41, 5.74) is 3.56. The van der Waals surface area contributed by atoms with Crippen molar-refractivity contribution in [2.24, 2.45) is 0 Å². The molecule has 1 atom stereocenters. The lowest BCUT2D eigenvalue weighted by molar-refractivity contribution is -0.116. The summed E-state index contributed by atoms with van der Waals surface area (Å²) in [6, 6.07) is 15.1. The Morgan fingerprint density at radius 3 is 2.56 bits per heavy atom. The molecule has 0 saturated carbocycles. The highest BCUT2D eigenvalue weighted by molar-refractivity contribution is 9.10. The largest absolute Gasteiger partial charge is 0.460 e. The molecule has 8 heteroatoms. The number of aromatic nitrogens is 1. The lowest BCUT2D eigenvalue weighted by atomic mass is 9.77. The Kier molecular flexibility index (Phi) is 6.27. The third-order valence-electron chi connectivity index (χ3n) is 6.03. The second-order valence-corrected chi connectivity index (χ2v) is 10.1. The molecule has 2 N–H and O–H groups in total. The van der Waals surface area contributed by atoms with E-state index in [0.29, 0.717) is 40.6 Å². The number of hydrogen-bond donors (Lipinski definition) is 2. The van der Waals surface area contributed by atoms with Gasteiger partial charge in [-0.15, -0.1) is 0 Å². The minimum Gasteiger partial charge on any atom is -0.460 e. The van der Waals surface area contributed by atoms with Gasteiger partial charge in [0, 0.05) is 44.1 Å². The predicted molar refractivity (Wildman–Crippen MR) is 137 cm³/mol. The van der Waals surface area contributed by atoms with Crippen molar-refractivity contribution >= 4 is 49.4 Å². The number of nitrogens with one attached hydrogen (secondary N) is 2. The third kappa shape index (κ3) is 4.40. The minimum atomic E-state index is -0.594. The number of halogens is 2. The Hall–Kier alpha value is -2.97. The number of Topliss-reactive ketones (excluding diaryl/α,β-unsaturated/α-hetero) is 1. The number of hydrogen-bond acceptors (Lipinski definition) is 5. The molecule has 0 saturated heterocycles. The van der Waals surface area contributed by atoms with Gasteiger partial charge in [0.1, 0.15) is 17.3 Å². The fourth-order valence-electron chi connectivity index (χ4n) is 4.48. The van der Waals surface area contributed by atoms with Crippen molar-refractivity contribution in [1.29, 1.82) is 0 Å². The highest BCUT2D eigenvalue weighted by Gasteiger charge is 2.40.